The molecule has 6 rings (SSSR count). The third-order valence-corrected chi connectivity index (χ3v) is 5.41. The lowest BCUT2D eigenvalue weighted by Crippen LogP contribution is -2.55. The van der Waals surface area contributed by atoms with Gasteiger partial charge in [0.05, 0.1) is 48.2 Å². The molecule has 3 aliphatic rings. The van der Waals surface area contributed by atoms with E-state index in [-0.39, 0.29) is 18.1 Å². The largest absolute Gasteiger partial charge is 0.389 e. The standard InChI is InChI=1S/C19H24N8O2/c1-19(2,28)10-27-16-14(7-23-27)15(11-5-21-17(20)22-6-11)24-18(25-16)26-8-13-4-3-12(26)9-29-13/h5-7,12-13,28H,3-4,8-10H2,1-2H3,(H2,20,21,22). The van der Waals surface area contributed by atoms with Gasteiger partial charge in [0.1, 0.15) is 0 Å². The fourth-order valence-electron chi connectivity index (χ4n) is 4.03. The Bertz CT molecular complexity index is 1030. The molecule has 152 valence electrons. The molecule has 3 saturated heterocycles. The van der Waals surface area contributed by atoms with Crippen LogP contribution in [-0.2, 0) is 11.3 Å². The normalized spacial score (nSPS) is 21.8. The van der Waals surface area contributed by atoms with Crippen molar-refractivity contribution in [2.24, 2.45) is 0 Å². The highest BCUT2D eigenvalue weighted by molar-refractivity contribution is 5.91. The van der Waals surface area contributed by atoms with Crippen LogP contribution in [0.1, 0.15) is 26.7 Å². The molecular formula is C19H24N8O2. The van der Waals surface area contributed by atoms with Crippen LogP contribution in [0.25, 0.3) is 22.3 Å². The van der Waals surface area contributed by atoms with Crippen molar-refractivity contribution in [2.75, 3.05) is 23.8 Å². The molecule has 2 bridgehead atoms. The predicted molar refractivity (Wildman–Crippen MR) is 107 cm³/mol. The Morgan fingerprint density at radius 2 is 2.00 bits per heavy atom. The lowest BCUT2D eigenvalue weighted by atomic mass is 9.97. The first kappa shape index (κ1) is 18.2. The number of piperidine rings is 1. The number of hydrogen-bond acceptors (Lipinski definition) is 9. The number of nitrogen functional groups attached to an aromatic ring is 1. The number of anilines is 2. The summed E-state index contributed by atoms with van der Waals surface area (Å²) in [5.74, 6) is 0.849. The number of aromatic nitrogens is 6. The van der Waals surface area contributed by atoms with Crippen LogP contribution in [0.4, 0.5) is 11.9 Å². The van der Waals surface area contributed by atoms with Gasteiger partial charge in [-0.25, -0.2) is 19.6 Å². The van der Waals surface area contributed by atoms with Crippen LogP contribution >= 0.6 is 0 Å². The smallest absolute Gasteiger partial charge is 0.228 e. The first-order valence-electron chi connectivity index (χ1n) is 9.79. The SMILES string of the molecule is CC(C)(O)Cn1ncc2c(-c3cnc(N)nc3)nc(N3CC4CCC3CO4)nc21. The molecule has 10 heteroatoms. The zero-order chi connectivity index (χ0) is 20.2. The molecule has 29 heavy (non-hydrogen) atoms. The Morgan fingerprint density at radius 3 is 2.62 bits per heavy atom. The quantitative estimate of drug-likeness (QED) is 0.663. The average Bonchev–Trinajstić information content (AvgIpc) is 3.10. The Hall–Kier alpha value is -2.85. The van der Waals surface area contributed by atoms with E-state index in [4.69, 9.17) is 20.4 Å². The zero-order valence-corrected chi connectivity index (χ0v) is 16.5. The number of nitrogens with two attached hydrogens (primary N) is 1. The lowest BCUT2D eigenvalue weighted by molar-refractivity contribution is -0.0231. The molecule has 0 spiro atoms. The fourth-order valence-corrected chi connectivity index (χ4v) is 4.03. The summed E-state index contributed by atoms with van der Waals surface area (Å²) in [6.07, 6.45) is 7.39. The molecule has 2 unspecified atom stereocenters. The number of aliphatic hydroxyl groups is 1. The molecule has 6 heterocycles. The summed E-state index contributed by atoms with van der Waals surface area (Å²) >= 11 is 0. The molecule has 0 aromatic carbocycles. The van der Waals surface area contributed by atoms with Crippen molar-refractivity contribution in [3.8, 4) is 11.3 Å². The van der Waals surface area contributed by atoms with E-state index in [1.807, 2.05) is 0 Å². The van der Waals surface area contributed by atoms with Gasteiger partial charge in [0.25, 0.3) is 0 Å². The number of hydrogen-bond donors (Lipinski definition) is 2. The second-order valence-corrected chi connectivity index (χ2v) is 8.39. The highest BCUT2D eigenvalue weighted by Gasteiger charge is 2.36. The van der Waals surface area contributed by atoms with Gasteiger partial charge in [-0.3, -0.25) is 0 Å². The van der Waals surface area contributed by atoms with Gasteiger partial charge in [0.15, 0.2) is 5.65 Å². The van der Waals surface area contributed by atoms with Crippen LogP contribution in [-0.4, -0.2) is 65.7 Å². The second-order valence-electron chi connectivity index (χ2n) is 8.39. The van der Waals surface area contributed by atoms with Gasteiger partial charge in [0.2, 0.25) is 11.9 Å². The molecule has 0 amide bonds. The van der Waals surface area contributed by atoms with Crippen LogP contribution < -0.4 is 10.6 Å². The minimum atomic E-state index is -0.924. The Balaban J connectivity index is 1.67. The van der Waals surface area contributed by atoms with Gasteiger partial charge in [-0.2, -0.15) is 10.1 Å². The Kier molecular flexibility index (Phi) is 4.14. The first-order chi connectivity index (χ1) is 13.9. The molecular weight excluding hydrogens is 372 g/mol. The van der Waals surface area contributed by atoms with E-state index < -0.39 is 5.60 Å². The number of rotatable bonds is 4. The molecule has 0 aliphatic carbocycles. The van der Waals surface area contributed by atoms with Gasteiger partial charge < -0.3 is 20.5 Å². The first-order valence-corrected chi connectivity index (χ1v) is 9.79. The molecule has 0 saturated carbocycles. The summed E-state index contributed by atoms with van der Waals surface area (Å²) < 4.78 is 7.56. The highest BCUT2D eigenvalue weighted by Crippen LogP contribution is 2.33. The van der Waals surface area contributed by atoms with Crippen molar-refractivity contribution in [3.05, 3.63) is 18.6 Å². The zero-order valence-electron chi connectivity index (χ0n) is 16.5. The summed E-state index contributed by atoms with van der Waals surface area (Å²) in [6, 6.07) is 0.263. The fraction of sp³-hybridized carbons (Fsp3) is 0.526. The van der Waals surface area contributed by atoms with Crippen molar-refractivity contribution in [1.29, 1.82) is 0 Å². The van der Waals surface area contributed by atoms with Crippen molar-refractivity contribution >= 4 is 22.9 Å². The third-order valence-electron chi connectivity index (χ3n) is 5.41. The van der Waals surface area contributed by atoms with Gasteiger partial charge in [-0.1, -0.05) is 0 Å². The van der Waals surface area contributed by atoms with Crippen LogP contribution in [0.3, 0.4) is 0 Å². The van der Waals surface area contributed by atoms with Crippen LogP contribution in [0.5, 0.6) is 0 Å². The van der Waals surface area contributed by atoms with Crippen LogP contribution in [0.15, 0.2) is 18.6 Å². The number of nitrogens with zero attached hydrogens (tertiary/aromatic N) is 7. The lowest BCUT2D eigenvalue weighted by Gasteiger charge is -2.45. The van der Waals surface area contributed by atoms with E-state index in [2.05, 4.69) is 20.0 Å². The van der Waals surface area contributed by atoms with E-state index in [1.165, 1.54) is 0 Å². The van der Waals surface area contributed by atoms with Gasteiger partial charge in [0, 0.05) is 24.5 Å². The van der Waals surface area contributed by atoms with Crippen molar-refractivity contribution in [3.63, 3.8) is 0 Å². The number of ether oxygens (including phenoxy) is 1. The molecule has 3 N–H and O–H groups in total. The van der Waals surface area contributed by atoms with E-state index >= 15 is 0 Å². The Morgan fingerprint density at radius 1 is 1.21 bits per heavy atom. The third kappa shape index (κ3) is 3.38. The maximum absolute atomic E-state index is 10.3. The molecule has 3 aromatic rings. The molecule has 3 aliphatic heterocycles. The van der Waals surface area contributed by atoms with Crippen molar-refractivity contribution in [2.45, 2.75) is 51.0 Å². The maximum atomic E-state index is 10.3. The van der Waals surface area contributed by atoms with Gasteiger partial charge in [-0.15, -0.1) is 0 Å². The van der Waals surface area contributed by atoms with Crippen molar-refractivity contribution < 1.29 is 9.84 Å². The predicted octanol–water partition coefficient (Wildman–Crippen LogP) is 1.00. The molecule has 10 nitrogen and oxygen atoms in total. The molecule has 2 atom stereocenters. The van der Waals surface area contributed by atoms with E-state index in [9.17, 15) is 5.11 Å². The number of fused-ring (bicyclic) bond motifs is 4. The average molecular weight is 396 g/mol. The van der Waals surface area contributed by atoms with Crippen molar-refractivity contribution in [1.82, 2.24) is 29.7 Å². The summed E-state index contributed by atoms with van der Waals surface area (Å²) in [6.45, 7) is 5.28. The van der Waals surface area contributed by atoms with Crippen LogP contribution in [0.2, 0.25) is 0 Å². The van der Waals surface area contributed by atoms with Gasteiger partial charge in [-0.05, 0) is 26.7 Å². The minimum Gasteiger partial charge on any atom is -0.389 e. The van der Waals surface area contributed by atoms with E-state index in [1.54, 1.807) is 37.1 Å². The van der Waals surface area contributed by atoms with E-state index in [0.29, 0.717) is 30.4 Å². The summed E-state index contributed by atoms with van der Waals surface area (Å²) in [5, 5.41) is 15.6. The second kappa shape index (κ2) is 6.60. The number of morpholine rings is 1. The molecule has 3 fully saturated rings. The van der Waals surface area contributed by atoms with E-state index in [0.717, 1.165) is 30.3 Å². The summed E-state index contributed by atoms with van der Waals surface area (Å²) in [7, 11) is 0. The minimum absolute atomic E-state index is 0.211. The molecule has 0 radical (unpaired) electrons. The summed E-state index contributed by atoms with van der Waals surface area (Å²) in [4.78, 5) is 20.2. The highest BCUT2D eigenvalue weighted by atomic mass is 16.5. The van der Waals surface area contributed by atoms with Gasteiger partial charge >= 0.3 is 0 Å². The topological polar surface area (TPSA) is 128 Å². The molecule has 3 aromatic heterocycles. The maximum Gasteiger partial charge on any atom is 0.228 e. The monoisotopic (exact) mass is 396 g/mol. The summed E-state index contributed by atoms with van der Waals surface area (Å²) in [5.41, 5.74) is 6.85. The Labute approximate surface area is 167 Å². The van der Waals surface area contributed by atoms with Crippen LogP contribution in [0, 0.1) is 0 Å².